The van der Waals surface area contributed by atoms with Crippen molar-refractivity contribution >= 4 is 75.4 Å². The SMILES string of the molecule is Cc1ccc2c(c1)c(-c1ccc(-c3cc4c5ccc(C)c6c5c(cc4c4ccc(C)cc34)-c3ccccc3-6)c3ccccc13)cc1c3ccc(C)c4c3c(cc21)-c1ccccc1-4. The molecule has 0 saturated carbocycles. The summed E-state index contributed by atoms with van der Waals surface area (Å²) in [5, 5.41) is 18.4. The largest absolute Gasteiger partial charge is 0.0616 e. The number of benzene rings is 12. The number of aryl methyl sites for hydroxylation is 4. The summed E-state index contributed by atoms with van der Waals surface area (Å²) in [5.74, 6) is 0. The molecule has 2 aliphatic rings. The molecule has 62 heavy (non-hydrogen) atoms. The van der Waals surface area contributed by atoms with Gasteiger partial charge in [0.1, 0.15) is 0 Å². The van der Waals surface area contributed by atoms with E-state index in [0.29, 0.717) is 0 Å². The minimum absolute atomic E-state index is 1.27. The second kappa shape index (κ2) is 12.1. The van der Waals surface area contributed by atoms with Crippen molar-refractivity contribution in [3.63, 3.8) is 0 Å². The maximum Gasteiger partial charge on any atom is -0.00172 e. The van der Waals surface area contributed by atoms with Gasteiger partial charge in [-0.25, -0.2) is 0 Å². The number of hydrogen-bond donors (Lipinski definition) is 0. The number of hydrogen-bond acceptors (Lipinski definition) is 0. The molecule has 0 amide bonds. The van der Waals surface area contributed by atoms with Crippen molar-refractivity contribution in [1.82, 2.24) is 0 Å². The Morgan fingerprint density at radius 1 is 0.210 bits per heavy atom. The summed E-state index contributed by atoms with van der Waals surface area (Å²) in [5.41, 5.74) is 21.2. The lowest BCUT2D eigenvalue weighted by atomic mass is 9.84. The van der Waals surface area contributed by atoms with Gasteiger partial charge in [-0.2, -0.15) is 0 Å². The third-order valence-electron chi connectivity index (χ3n) is 14.7. The van der Waals surface area contributed by atoms with Gasteiger partial charge in [-0.15, -0.1) is 0 Å². The van der Waals surface area contributed by atoms with E-state index in [1.807, 2.05) is 0 Å². The van der Waals surface area contributed by atoms with Crippen LogP contribution in [0.15, 0.2) is 170 Å². The van der Waals surface area contributed by atoms with E-state index in [1.165, 1.54) is 164 Å². The van der Waals surface area contributed by atoms with E-state index in [4.69, 9.17) is 0 Å². The van der Waals surface area contributed by atoms with Crippen LogP contribution in [0.2, 0.25) is 0 Å². The first-order valence-electron chi connectivity index (χ1n) is 22.0. The van der Waals surface area contributed by atoms with Crippen molar-refractivity contribution in [1.29, 1.82) is 0 Å². The molecular weight excluding hydrogens is 745 g/mol. The first kappa shape index (κ1) is 34.2. The van der Waals surface area contributed by atoms with Gasteiger partial charge in [-0.3, -0.25) is 0 Å². The summed E-state index contributed by atoms with van der Waals surface area (Å²) in [4.78, 5) is 0. The zero-order chi connectivity index (χ0) is 41.1. The lowest BCUT2D eigenvalue weighted by Crippen LogP contribution is -1.92. The lowest BCUT2D eigenvalue weighted by Gasteiger charge is -2.19. The molecule has 0 atom stereocenters. The van der Waals surface area contributed by atoms with E-state index in [9.17, 15) is 0 Å². The van der Waals surface area contributed by atoms with Gasteiger partial charge in [0.05, 0.1) is 0 Å². The zero-order valence-corrected chi connectivity index (χ0v) is 35.2. The van der Waals surface area contributed by atoms with Gasteiger partial charge in [0.15, 0.2) is 0 Å². The summed E-state index contributed by atoms with van der Waals surface area (Å²) < 4.78 is 0. The van der Waals surface area contributed by atoms with Crippen molar-refractivity contribution in [2.45, 2.75) is 27.7 Å². The highest BCUT2D eigenvalue weighted by atomic mass is 14.3. The molecule has 0 nitrogen and oxygen atoms in total. The fraction of sp³-hybridized carbons (Fsp3) is 0.0645. The third kappa shape index (κ3) is 4.36. The third-order valence-corrected chi connectivity index (χ3v) is 14.7. The van der Waals surface area contributed by atoms with E-state index in [0.717, 1.165) is 0 Å². The predicted molar refractivity (Wildman–Crippen MR) is 268 cm³/mol. The standard InChI is InChI=1S/C62H40/c1-33-17-21-43-49(27-33)51(29-55-47-23-19-35(3)59-45-15-9-7-13-39(45)57(61(47)59)31-53(43)55)41-25-26-42(38-12-6-5-11-37(38)41)52-30-56-48-24-20-36(4)60-46-16-10-8-14-40(46)58(62(48)60)32-54(56)44-22-18-34(2)28-50(44)52/h5-32H,1-4H3. The van der Waals surface area contributed by atoms with Crippen molar-refractivity contribution in [2.24, 2.45) is 0 Å². The van der Waals surface area contributed by atoms with Crippen molar-refractivity contribution < 1.29 is 0 Å². The molecule has 0 aliphatic heterocycles. The van der Waals surface area contributed by atoms with Crippen LogP contribution in [0.5, 0.6) is 0 Å². The normalized spacial score (nSPS) is 12.5. The molecule has 0 fully saturated rings. The Morgan fingerprint density at radius 2 is 0.581 bits per heavy atom. The van der Waals surface area contributed by atoms with Crippen LogP contribution in [-0.4, -0.2) is 0 Å². The van der Waals surface area contributed by atoms with Gasteiger partial charge >= 0.3 is 0 Å². The van der Waals surface area contributed by atoms with Crippen LogP contribution in [0.1, 0.15) is 22.3 Å². The van der Waals surface area contributed by atoms with E-state index in [2.05, 4.69) is 198 Å². The fourth-order valence-electron chi connectivity index (χ4n) is 11.9. The second-order valence-electron chi connectivity index (χ2n) is 18.1. The van der Waals surface area contributed by atoms with Crippen molar-refractivity contribution in [3.8, 4) is 66.8 Å². The quantitative estimate of drug-likeness (QED) is 0.153. The Balaban J connectivity index is 1.06. The summed E-state index contributed by atoms with van der Waals surface area (Å²) in [6.07, 6.45) is 0. The monoisotopic (exact) mass is 784 g/mol. The zero-order valence-electron chi connectivity index (χ0n) is 35.2. The highest BCUT2D eigenvalue weighted by Crippen LogP contribution is 2.54. The molecule has 0 radical (unpaired) electrons. The molecule has 0 unspecified atom stereocenters. The predicted octanol–water partition coefficient (Wildman–Crippen LogP) is 17.6. The van der Waals surface area contributed by atoms with Crippen molar-refractivity contribution in [3.05, 3.63) is 192 Å². The minimum atomic E-state index is 1.27. The molecule has 0 aromatic heterocycles. The van der Waals surface area contributed by atoms with Crippen LogP contribution >= 0.6 is 0 Å². The second-order valence-corrected chi connectivity index (χ2v) is 18.1. The van der Waals surface area contributed by atoms with E-state index >= 15 is 0 Å². The lowest BCUT2D eigenvalue weighted by molar-refractivity contribution is 1.51. The van der Waals surface area contributed by atoms with Crippen LogP contribution in [-0.2, 0) is 0 Å². The molecule has 2 aliphatic carbocycles. The smallest absolute Gasteiger partial charge is 0.00172 e. The maximum atomic E-state index is 2.51. The Kier molecular flexibility index (Phi) is 6.65. The first-order chi connectivity index (χ1) is 30.4. The molecule has 14 rings (SSSR count). The van der Waals surface area contributed by atoms with Crippen molar-refractivity contribution in [2.75, 3.05) is 0 Å². The molecule has 288 valence electrons. The summed E-state index contributed by atoms with van der Waals surface area (Å²) >= 11 is 0. The molecule has 12 aromatic carbocycles. The molecule has 0 heterocycles. The average molecular weight is 785 g/mol. The average Bonchev–Trinajstić information content (AvgIpc) is 3.82. The summed E-state index contributed by atoms with van der Waals surface area (Å²) in [6.45, 7) is 8.98. The highest BCUT2D eigenvalue weighted by molar-refractivity contribution is 6.31. The number of fused-ring (bicyclic) bond motifs is 15. The minimum Gasteiger partial charge on any atom is -0.0616 e. The van der Waals surface area contributed by atoms with Gasteiger partial charge in [0.2, 0.25) is 0 Å². The maximum absolute atomic E-state index is 2.51. The molecule has 0 N–H and O–H groups in total. The van der Waals surface area contributed by atoms with Gasteiger partial charge in [-0.05, 0) is 205 Å². The highest BCUT2D eigenvalue weighted by Gasteiger charge is 2.27. The summed E-state index contributed by atoms with van der Waals surface area (Å²) in [7, 11) is 0. The molecule has 0 heteroatoms. The molecular formula is C62H40. The van der Waals surface area contributed by atoms with E-state index in [1.54, 1.807) is 0 Å². The Bertz CT molecular complexity index is 3800. The topological polar surface area (TPSA) is 0 Å². The van der Waals surface area contributed by atoms with Gasteiger partial charge in [-0.1, -0.05) is 157 Å². The number of rotatable bonds is 2. The van der Waals surface area contributed by atoms with Crippen LogP contribution in [0.25, 0.3) is 142 Å². The Morgan fingerprint density at radius 3 is 1.03 bits per heavy atom. The van der Waals surface area contributed by atoms with Crippen LogP contribution in [0.4, 0.5) is 0 Å². The van der Waals surface area contributed by atoms with Crippen LogP contribution < -0.4 is 0 Å². The first-order valence-corrected chi connectivity index (χ1v) is 22.0. The molecule has 0 spiro atoms. The van der Waals surface area contributed by atoms with Gasteiger partial charge in [0, 0.05) is 0 Å². The summed E-state index contributed by atoms with van der Waals surface area (Å²) in [6, 6.07) is 65.4. The molecule has 12 aromatic rings. The van der Waals surface area contributed by atoms with E-state index in [-0.39, 0.29) is 0 Å². The van der Waals surface area contributed by atoms with Gasteiger partial charge < -0.3 is 0 Å². The van der Waals surface area contributed by atoms with Gasteiger partial charge in [0.25, 0.3) is 0 Å². The fourth-order valence-corrected chi connectivity index (χ4v) is 11.9. The van der Waals surface area contributed by atoms with E-state index < -0.39 is 0 Å². The Hall–Kier alpha value is -7.54. The molecule has 0 saturated heterocycles. The van der Waals surface area contributed by atoms with Crippen LogP contribution in [0.3, 0.4) is 0 Å². The van der Waals surface area contributed by atoms with Crippen LogP contribution in [0, 0.1) is 27.7 Å². The molecule has 0 bridgehead atoms. The Labute approximate surface area is 360 Å².